The van der Waals surface area contributed by atoms with Crippen molar-refractivity contribution in [2.24, 2.45) is 0 Å². The molecule has 6 nitrogen and oxygen atoms in total. The Labute approximate surface area is 142 Å². The molecule has 1 aliphatic heterocycles. The Hall–Kier alpha value is -3.22. The first kappa shape index (κ1) is 15.3. The summed E-state index contributed by atoms with van der Waals surface area (Å²) in [5.74, 6) is -0.946. The first-order chi connectivity index (χ1) is 12.0. The average molecular weight is 338 g/mol. The molecule has 0 bridgehead atoms. The van der Waals surface area contributed by atoms with E-state index in [1.54, 1.807) is 12.1 Å². The number of aromatic nitrogens is 2. The maximum atomic E-state index is 13.4. The van der Waals surface area contributed by atoms with Crippen molar-refractivity contribution >= 4 is 34.2 Å². The average Bonchev–Trinajstić information content (AvgIpc) is 2.92. The van der Waals surface area contributed by atoms with E-state index >= 15 is 0 Å². The Balaban J connectivity index is 1.63. The largest absolute Gasteiger partial charge is 0.342 e. The molecule has 0 fully saturated rings. The maximum absolute atomic E-state index is 13.4. The van der Waals surface area contributed by atoms with Crippen LogP contribution >= 0.6 is 0 Å². The minimum atomic E-state index is -0.663. The fourth-order valence-electron chi connectivity index (χ4n) is 3.12. The third-order valence-electron chi connectivity index (χ3n) is 4.24. The highest BCUT2D eigenvalue weighted by atomic mass is 19.1. The molecular formula is C18H15FN4O2. The van der Waals surface area contributed by atoms with Crippen molar-refractivity contribution in [3.63, 3.8) is 0 Å². The number of hydrogen-bond donors (Lipinski definition) is 3. The van der Waals surface area contributed by atoms with Crippen LogP contribution in [0.1, 0.15) is 23.7 Å². The first-order valence-electron chi connectivity index (χ1n) is 7.86. The second-order valence-corrected chi connectivity index (χ2v) is 6.08. The molecule has 126 valence electrons. The van der Waals surface area contributed by atoms with E-state index in [9.17, 15) is 14.0 Å². The lowest BCUT2D eigenvalue weighted by molar-refractivity contribution is -0.123. The van der Waals surface area contributed by atoms with E-state index in [1.165, 1.54) is 18.2 Å². The van der Waals surface area contributed by atoms with Gasteiger partial charge in [-0.05, 0) is 42.8 Å². The number of halogens is 1. The Morgan fingerprint density at radius 3 is 2.96 bits per heavy atom. The van der Waals surface area contributed by atoms with Gasteiger partial charge < -0.3 is 15.6 Å². The molecule has 3 N–H and O–H groups in total. The van der Waals surface area contributed by atoms with E-state index in [4.69, 9.17) is 0 Å². The standard InChI is InChI=1S/C18H15FN4O2/c1-9-20-14-5-3-11(7-16(14)21-9)22-18(25)13-8-17(24)23-15-6-10(19)2-4-12(13)15/h2-7,13H,8H2,1H3,(H,20,21)(H,22,25)(H,23,24)/t13-/m1/s1. The Bertz CT molecular complexity index is 1010. The van der Waals surface area contributed by atoms with Gasteiger partial charge in [0.15, 0.2) is 0 Å². The second kappa shape index (κ2) is 5.70. The molecule has 25 heavy (non-hydrogen) atoms. The van der Waals surface area contributed by atoms with Crippen molar-refractivity contribution in [1.82, 2.24) is 9.97 Å². The fourth-order valence-corrected chi connectivity index (χ4v) is 3.12. The van der Waals surface area contributed by atoms with Crippen LogP contribution in [0, 0.1) is 12.7 Å². The van der Waals surface area contributed by atoms with Gasteiger partial charge >= 0.3 is 0 Å². The summed E-state index contributed by atoms with van der Waals surface area (Å²) < 4.78 is 13.4. The molecule has 0 saturated heterocycles. The number of nitrogens with zero attached hydrogens (tertiary/aromatic N) is 1. The summed E-state index contributed by atoms with van der Waals surface area (Å²) in [6.45, 7) is 1.86. The van der Waals surface area contributed by atoms with Gasteiger partial charge in [-0.25, -0.2) is 9.37 Å². The monoisotopic (exact) mass is 338 g/mol. The lowest BCUT2D eigenvalue weighted by Crippen LogP contribution is -2.30. The summed E-state index contributed by atoms with van der Waals surface area (Å²) in [6.07, 6.45) is 0.0237. The zero-order chi connectivity index (χ0) is 17.6. The van der Waals surface area contributed by atoms with Gasteiger partial charge in [0.2, 0.25) is 11.8 Å². The summed E-state index contributed by atoms with van der Waals surface area (Å²) in [5, 5.41) is 5.43. The molecule has 2 heterocycles. The van der Waals surface area contributed by atoms with E-state index in [0.717, 1.165) is 16.9 Å². The number of fused-ring (bicyclic) bond motifs is 2. The van der Waals surface area contributed by atoms with Crippen LogP contribution in [0.4, 0.5) is 15.8 Å². The predicted octanol–water partition coefficient (Wildman–Crippen LogP) is 3.07. The zero-order valence-electron chi connectivity index (χ0n) is 13.4. The van der Waals surface area contributed by atoms with Crippen LogP contribution in [0.2, 0.25) is 0 Å². The van der Waals surface area contributed by atoms with E-state index in [0.29, 0.717) is 16.9 Å². The molecule has 4 rings (SSSR count). The second-order valence-electron chi connectivity index (χ2n) is 6.08. The third kappa shape index (κ3) is 2.84. The van der Waals surface area contributed by atoms with Crippen LogP contribution in [0.3, 0.4) is 0 Å². The molecule has 1 atom stereocenters. The minimum absolute atomic E-state index is 0.0237. The number of amides is 2. The highest BCUT2D eigenvalue weighted by molar-refractivity contribution is 6.05. The Morgan fingerprint density at radius 1 is 1.28 bits per heavy atom. The summed E-state index contributed by atoms with van der Waals surface area (Å²) >= 11 is 0. The van der Waals surface area contributed by atoms with Crippen LogP contribution in [-0.2, 0) is 9.59 Å². The Morgan fingerprint density at radius 2 is 2.12 bits per heavy atom. The van der Waals surface area contributed by atoms with Crippen molar-refractivity contribution < 1.29 is 14.0 Å². The summed E-state index contributed by atoms with van der Waals surface area (Å²) in [5.41, 5.74) is 3.19. The summed E-state index contributed by atoms with van der Waals surface area (Å²) in [6, 6.07) is 9.42. The maximum Gasteiger partial charge on any atom is 0.232 e. The molecule has 2 aromatic carbocycles. The predicted molar refractivity (Wildman–Crippen MR) is 91.8 cm³/mol. The van der Waals surface area contributed by atoms with E-state index in [2.05, 4.69) is 20.6 Å². The molecule has 2 amide bonds. The number of nitrogens with one attached hydrogen (secondary N) is 3. The fraction of sp³-hybridized carbons (Fsp3) is 0.167. The molecule has 3 aromatic rings. The Kier molecular flexibility index (Phi) is 3.49. The highest BCUT2D eigenvalue weighted by Crippen LogP contribution is 2.33. The molecule has 1 aliphatic rings. The molecule has 1 aromatic heterocycles. The molecule has 0 spiro atoms. The number of imidazole rings is 1. The van der Waals surface area contributed by atoms with Gasteiger partial charge in [0.05, 0.1) is 17.0 Å². The molecular weight excluding hydrogens is 323 g/mol. The van der Waals surface area contributed by atoms with Gasteiger partial charge in [-0.3, -0.25) is 9.59 Å². The lowest BCUT2D eigenvalue weighted by atomic mass is 9.89. The highest BCUT2D eigenvalue weighted by Gasteiger charge is 2.31. The van der Waals surface area contributed by atoms with Crippen molar-refractivity contribution in [3.8, 4) is 0 Å². The third-order valence-corrected chi connectivity index (χ3v) is 4.24. The normalized spacial score (nSPS) is 16.4. The number of aryl methyl sites for hydroxylation is 1. The quantitative estimate of drug-likeness (QED) is 0.671. The molecule has 0 unspecified atom stereocenters. The van der Waals surface area contributed by atoms with Crippen LogP contribution in [0.5, 0.6) is 0 Å². The van der Waals surface area contributed by atoms with Gasteiger partial charge in [-0.15, -0.1) is 0 Å². The molecule has 0 radical (unpaired) electrons. The van der Waals surface area contributed by atoms with Crippen LogP contribution in [0.15, 0.2) is 36.4 Å². The summed E-state index contributed by atoms with van der Waals surface area (Å²) in [7, 11) is 0. The molecule has 0 aliphatic carbocycles. The molecule has 7 heteroatoms. The van der Waals surface area contributed by atoms with Gasteiger partial charge in [-0.1, -0.05) is 6.07 Å². The van der Waals surface area contributed by atoms with Crippen molar-refractivity contribution in [3.05, 3.63) is 53.6 Å². The van der Waals surface area contributed by atoms with E-state index in [-0.39, 0.29) is 18.2 Å². The van der Waals surface area contributed by atoms with Crippen molar-refractivity contribution in [2.45, 2.75) is 19.3 Å². The number of anilines is 2. The summed E-state index contributed by atoms with van der Waals surface area (Å²) in [4.78, 5) is 32.0. The first-order valence-corrected chi connectivity index (χ1v) is 7.86. The SMILES string of the molecule is Cc1nc2ccc(NC(=O)[C@@H]3CC(=O)Nc4cc(F)ccc43)cc2[nH]1. The number of benzene rings is 2. The lowest BCUT2D eigenvalue weighted by Gasteiger charge is -2.24. The van der Waals surface area contributed by atoms with Gasteiger partial charge in [0.25, 0.3) is 0 Å². The number of aromatic amines is 1. The number of rotatable bonds is 2. The zero-order valence-corrected chi connectivity index (χ0v) is 13.4. The number of carbonyl (C=O) groups excluding carboxylic acids is 2. The van der Waals surface area contributed by atoms with Gasteiger partial charge in [0, 0.05) is 17.8 Å². The van der Waals surface area contributed by atoms with Crippen LogP contribution in [-0.4, -0.2) is 21.8 Å². The van der Waals surface area contributed by atoms with Crippen LogP contribution < -0.4 is 10.6 Å². The van der Waals surface area contributed by atoms with Gasteiger partial charge in [0.1, 0.15) is 11.6 Å². The topological polar surface area (TPSA) is 86.9 Å². The van der Waals surface area contributed by atoms with Crippen LogP contribution in [0.25, 0.3) is 11.0 Å². The van der Waals surface area contributed by atoms with E-state index < -0.39 is 11.7 Å². The van der Waals surface area contributed by atoms with Crippen molar-refractivity contribution in [1.29, 1.82) is 0 Å². The molecule has 0 saturated carbocycles. The van der Waals surface area contributed by atoms with Crippen molar-refractivity contribution in [2.75, 3.05) is 10.6 Å². The van der Waals surface area contributed by atoms with Gasteiger partial charge in [-0.2, -0.15) is 0 Å². The minimum Gasteiger partial charge on any atom is -0.342 e. The number of hydrogen-bond acceptors (Lipinski definition) is 3. The number of H-pyrrole nitrogens is 1. The smallest absolute Gasteiger partial charge is 0.232 e. The van der Waals surface area contributed by atoms with E-state index in [1.807, 2.05) is 13.0 Å². The number of carbonyl (C=O) groups is 2.